The van der Waals surface area contributed by atoms with Crippen LogP contribution in [0, 0.1) is 0 Å². The quantitative estimate of drug-likeness (QED) is 0.925. The molecule has 1 aliphatic rings. The molecule has 1 aromatic carbocycles. The number of hydrogen-bond donors (Lipinski definition) is 1. The summed E-state index contributed by atoms with van der Waals surface area (Å²) in [7, 11) is 1.65. The molecule has 2 aromatic rings. The summed E-state index contributed by atoms with van der Waals surface area (Å²) in [5.41, 5.74) is 7.02. The summed E-state index contributed by atoms with van der Waals surface area (Å²) in [6.45, 7) is 0. The molecule has 5 heteroatoms. The van der Waals surface area contributed by atoms with E-state index in [0.29, 0.717) is 18.1 Å². The summed E-state index contributed by atoms with van der Waals surface area (Å²) in [6, 6.07) is 7.85. The molecule has 0 saturated heterocycles. The maximum absolute atomic E-state index is 6.33. The average molecular weight is 273 g/mol. The monoisotopic (exact) mass is 273 g/mol. The van der Waals surface area contributed by atoms with Crippen LogP contribution in [0.3, 0.4) is 0 Å². The van der Waals surface area contributed by atoms with E-state index < -0.39 is 5.54 Å². The van der Waals surface area contributed by atoms with Gasteiger partial charge in [-0.05, 0) is 30.5 Å². The number of rotatable bonds is 4. The van der Waals surface area contributed by atoms with Crippen molar-refractivity contribution in [2.75, 3.05) is 7.11 Å². The summed E-state index contributed by atoms with van der Waals surface area (Å²) >= 11 is 0. The van der Waals surface area contributed by atoms with E-state index in [1.165, 1.54) is 0 Å². The second-order valence-corrected chi connectivity index (χ2v) is 5.40. The first kappa shape index (κ1) is 13.1. The zero-order valence-corrected chi connectivity index (χ0v) is 11.6. The molecule has 0 amide bonds. The van der Waals surface area contributed by atoms with Crippen LogP contribution in [-0.2, 0) is 12.0 Å². The van der Waals surface area contributed by atoms with Gasteiger partial charge in [-0.1, -0.05) is 30.1 Å². The van der Waals surface area contributed by atoms with E-state index in [-0.39, 0.29) is 0 Å². The van der Waals surface area contributed by atoms with Crippen LogP contribution in [0.1, 0.15) is 43.0 Å². The van der Waals surface area contributed by atoms with Crippen molar-refractivity contribution in [3.8, 4) is 5.75 Å². The second-order valence-electron chi connectivity index (χ2n) is 5.40. The van der Waals surface area contributed by atoms with Crippen molar-refractivity contribution in [2.45, 2.75) is 37.6 Å². The van der Waals surface area contributed by atoms with Crippen LogP contribution >= 0.6 is 0 Å². The van der Waals surface area contributed by atoms with Crippen molar-refractivity contribution in [1.29, 1.82) is 0 Å². The molecule has 0 radical (unpaired) electrons. The molecule has 0 aliphatic heterocycles. The Kier molecular flexibility index (Phi) is 3.44. The van der Waals surface area contributed by atoms with Gasteiger partial charge in [0.25, 0.3) is 0 Å². The summed E-state index contributed by atoms with van der Waals surface area (Å²) < 4.78 is 10.5. The van der Waals surface area contributed by atoms with Gasteiger partial charge in [-0.3, -0.25) is 0 Å². The molecule has 0 unspecified atom stereocenters. The minimum Gasteiger partial charge on any atom is -0.497 e. The SMILES string of the molecule is COc1cccc(Cc2nc(C3(N)CCCC3)no2)c1. The van der Waals surface area contributed by atoms with Crippen molar-refractivity contribution < 1.29 is 9.26 Å². The first-order valence-electron chi connectivity index (χ1n) is 6.94. The third-order valence-electron chi connectivity index (χ3n) is 3.90. The Morgan fingerprint density at radius 3 is 2.90 bits per heavy atom. The topological polar surface area (TPSA) is 74.2 Å². The van der Waals surface area contributed by atoms with Crippen LogP contribution in [0.4, 0.5) is 0 Å². The molecule has 0 spiro atoms. The molecule has 106 valence electrons. The molecule has 1 aromatic heterocycles. The highest BCUT2D eigenvalue weighted by molar-refractivity contribution is 5.29. The molecule has 0 bridgehead atoms. The van der Waals surface area contributed by atoms with Crippen molar-refractivity contribution >= 4 is 0 Å². The van der Waals surface area contributed by atoms with Gasteiger partial charge in [0.1, 0.15) is 5.75 Å². The van der Waals surface area contributed by atoms with Gasteiger partial charge in [-0.25, -0.2) is 0 Å². The average Bonchev–Trinajstić information content (AvgIpc) is 3.09. The highest BCUT2D eigenvalue weighted by Crippen LogP contribution is 2.34. The van der Waals surface area contributed by atoms with Crippen LogP contribution in [0.15, 0.2) is 28.8 Å². The summed E-state index contributed by atoms with van der Waals surface area (Å²) in [5.74, 6) is 2.08. The second kappa shape index (κ2) is 5.25. The smallest absolute Gasteiger partial charge is 0.231 e. The van der Waals surface area contributed by atoms with E-state index in [4.69, 9.17) is 15.0 Å². The zero-order valence-electron chi connectivity index (χ0n) is 11.6. The van der Waals surface area contributed by atoms with Crippen LogP contribution in [0.25, 0.3) is 0 Å². The van der Waals surface area contributed by atoms with Gasteiger partial charge >= 0.3 is 0 Å². The van der Waals surface area contributed by atoms with Gasteiger partial charge in [0, 0.05) is 0 Å². The van der Waals surface area contributed by atoms with Crippen molar-refractivity contribution in [1.82, 2.24) is 10.1 Å². The largest absolute Gasteiger partial charge is 0.497 e. The fraction of sp³-hybridized carbons (Fsp3) is 0.467. The van der Waals surface area contributed by atoms with Gasteiger partial charge in [0.15, 0.2) is 5.82 Å². The van der Waals surface area contributed by atoms with E-state index >= 15 is 0 Å². The van der Waals surface area contributed by atoms with Crippen molar-refractivity contribution in [3.05, 3.63) is 41.5 Å². The van der Waals surface area contributed by atoms with Crippen molar-refractivity contribution in [2.24, 2.45) is 5.73 Å². The molecule has 0 atom stereocenters. The summed E-state index contributed by atoms with van der Waals surface area (Å²) in [4.78, 5) is 4.47. The van der Waals surface area contributed by atoms with Crippen molar-refractivity contribution in [3.63, 3.8) is 0 Å². The summed E-state index contributed by atoms with van der Waals surface area (Å²) in [5, 5.41) is 4.07. The number of methoxy groups -OCH3 is 1. The lowest BCUT2D eigenvalue weighted by Gasteiger charge is -2.17. The predicted octanol–water partition coefficient (Wildman–Crippen LogP) is 2.40. The van der Waals surface area contributed by atoms with E-state index in [0.717, 1.165) is 37.0 Å². The van der Waals surface area contributed by atoms with Gasteiger partial charge < -0.3 is 15.0 Å². The molecule has 1 aliphatic carbocycles. The standard InChI is InChI=1S/C15H19N3O2/c1-19-12-6-4-5-11(9-12)10-13-17-14(18-20-13)15(16)7-2-3-8-15/h4-6,9H,2-3,7-8,10,16H2,1H3. The van der Waals surface area contributed by atoms with Crippen LogP contribution in [0.5, 0.6) is 5.75 Å². The first-order chi connectivity index (χ1) is 9.69. The molecular formula is C15H19N3O2. The van der Waals surface area contributed by atoms with Crippen LogP contribution in [-0.4, -0.2) is 17.3 Å². The number of nitrogens with zero attached hydrogens (tertiary/aromatic N) is 2. The highest BCUT2D eigenvalue weighted by atomic mass is 16.5. The molecule has 2 N–H and O–H groups in total. The number of nitrogens with two attached hydrogens (primary N) is 1. The fourth-order valence-electron chi connectivity index (χ4n) is 2.72. The third kappa shape index (κ3) is 2.54. The Morgan fingerprint density at radius 1 is 1.35 bits per heavy atom. The lowest BCUT2D eigenvalue weighted by atomic mass is 9.99. The maximum atomic E-state index is 6.33. The molecule has 1 saturated carbocycles. The van der Waals surface area contributed by atoms with E-state index in [1.807, 2.05) is 24.3 Å². The molecule has 1 heterocycles. The Morgan fingerprint density at radius 2 is 2.15 bits per heavy atom. The molecule has 5 nitrogen and oxygen atoms in total. The number of benzene rings is 1. The lowest BCUT2D eigenvalue weighted by Crippen LogP contribution is -2.34. The van der Waals surface area contributed by atoms with Gasteiger partial charge in [-0.15, -0.1) is 0 Å². The van der Waals surface area contributed by atoms with E-state index in [9.17, 15) is 0 Å². The minimum atomic E-state index is -0.393. The van der Waals surface area contributed by atoms with Gasteiger partial charge in [-0.2, -0.15) is 4.98 Å². The van der Waals surface area contributed by atoms with Gasteiger partial charge in [0.2, 0.25) is 5.89 Å². The number of aromatic nitrogens is 2. The number of ether oxygens (including phenoxy) is 1. The third-order valence-corrected chi connectivity index (χ3v) is 3.90. The van der Waals surface area contributed by atoms with E-state index in [2.05, 4.69) is 10.1 Å². The van der Waals surface area contributed by atoms with Crippen LogP contribution < -0.4 is 10.5 Å². The Hall–Kier alpha value is -1.88. The number of hydrogen-bond acceptors (Lipinski definition) is 5. The normalized spacial score (nSPS) is 17.3. The molecule has 3 rings (SSSR count). The Balaban J connectivity index is 1.76. The molecular weight excluding hydrogens is 254 g/mol. The lowest BCUT2D eigenvalue weighted by molar-refractivity contribution is 0.352. The molecule has 1 fully saturated rings. The predicted molar refractivity (Wildman–Crippen MR) is 74.4 cm³/mol. The zero-order chi connectivity index (χ0) is 14.0. The fourth-order valence-corrected chi connectivity index (χ4v) is 2.72. The first-order valence-corrected chi connectivity index (χ1v) is 6.94. The summed E-state index contributed by atoms with van der Waals surface area (Å²) in [6.07, 6.45) is 4.74. The van der Waals surface area contributed by atoms with Crippen LogP contribution in [0.2, 0.25) is 0 Å². The Bertz CT molecular complexity index is 588. The highest BCUT2D eigenvalue weighted by Gasteiger charge is 2.35. The molecule has 20 heavy (non-hydrogen) atoms. The van der Waals surface area contributed by atoms with E-state index in [1.54, 1.807) is 7.11 Å². The minimum absolute atomic E-state index is 0.393. The maximum Gasteiger partial charge on any atom is 0.231 e. The Labute approximate surface area is 118 Å². The van der Waals surface area contributed by atoms with Gasteiger partial charge in [0.05, 0.1) is 19.1 Å².